The maximum absolute atomic E-state index is 13.4. The van der Waals surface area contributed by atoms with Gasteiger partial charge in [-0.05, 0) is 30.7 Å². The Kier molecular flexibility index (Phi) is 11.7. The van der Waals surface area contributed by atoms with Crippen molar-refractivity contribution in [1.29, 1.82) is 0 Å². The molecule has 7 rings (SSSR count). The fourth-order valence-corrected chi connectivity index (χ4v) is 8.13. The van der Waals surface area contributed by atoms with E-state index >= 15 is 0 Å². The predicted molar refractivity (Wildman–Crippen MR) is 202 cm³/mol. The molecule has 0 bridgehead atoms. The molecule has 2 aromatic heterocycles. The number of amides is 1. The molecule has 17 nitrogen and oxygen atoms in total. The lowest BCUT2D eigenvalue weighted by Gasteiger charge is -2.32. The minimum Gasteiger partial charge on any atom is -0.433 e. The molecule has 2 aliphatic heterocycles. The number of aliphatic hydroxyl groups is 1. The van der Waals surface area contributed by atoms with Gasteiger partial charge in [-0.25, -0.2) is 28.2 Å². The molecule has 0 spiro atoms. The number of nitrogens with zero attached hydrogens (tertiary/aromatic N) is 5. The number of hydrogen-bond acceptors (Lipinski definition) is 15. The summed E-state index contributed by atoms with van der Waals surface area (Å²) in [7, 11) is 1.49. The van der Waals surface area contributed by atoms with Crippen LogP contribution in [0.2, 0.25) is 0 Å². The lowest BCUT2D eigenvalue weighted by Crippen LogP contribution is -2.42. The molecule has 1 amide bonds. The molecule has 18 heteroatoms. The van der Waals surface area contributed by atoms with E-state index in [2.05, 4.69) is 20.3 Å². The number of ether oxygens (including phenoxy) is 6. The number of rotatable bonds is 13. The van der Waals surface area contributed by atoms with Crippen LogP contribution in [0.15, 0.2) is 84.3 Å². The lowest BCUT2D eigenvalue weighted by atomic mass is 10.1. The normalized spacial score (nSPS) is 22.6. The fourth-order valence-electron chi connectivity index (χ4n) is 6.80. The van der Waals surface area contributed by atoms with Gasteiger partial charge in [0.15, 0.2) is 39.3 Å². The SMILES string of the molecule is COC1CCOC(O[C@@H]2[C@H](O)[C@@H](COC(=O)OCCS(=O)(=O)c3cccc4c(N(C)C)cccc34)O[C@H]2n2cnc3c(NC(=O)c4ccccc4)ncnc32)C1. The minimum absolute atomic E-state index is 0.122. The highest BCUT2D eigenvalue weighted by Crippen LogP contribution is 2.37. The second kappa shape index (κ2) is 16.9. The van der Waals surface area contributed by atoms with Gasteiger partial charge in [-0.15, -0.1) is 0 Å². The van der Waals surface area contributed by atoms with Gasteiger partial charge in [0, 0.05) is 49.6 Å². The van der Waals surface area contributed by atoms with E-state index < -0.39 is 71.7 Å². The number of carbonyl (C=O) groups is 2. The Balaban J connectivity index is 1.03. The molecule has 3 aromatic carbocycles. The highest BCUT2D eigenvalue weighted by atomic mass is 32.2. The van der Waals surface area contributed by atoms with E-state index in [1.54, 1.807) is 55.6 Å². The Morgan fingerprint density at radius 2 is 1.79 bits per heavy atom. The van der Waals surface area contributed by atoms with Gasteiger partial charge in [0.1, 0.15) is 37.9 Å². The van der Waals surface area contributed by atoms with Crippen molar-refractivity contribution in [1.82, 2.24) is 19.5 Å². The van der Waals surface area contributed by atoms with Crippen LogP contribution in [-0.4, -0.2) is 123 Å². The molecule has 5 aromatic rings. The van der Waals surface area contributed by atoms with Crippen LogP contribution in [0.1, 0.15) is 29.4 Å². The number of hydrogen-bond donors (Lipinski definition) is 2. The summed E-state index contributed by atoms with van der Waals surface area (Å²) in [5.41, 5.74) is 1.80. The highest BCUT2D eigenvalue weighted by Gasteiger charge is 2.48. The van der Waals surface area contributed by atoms with Gasteiger partial charge in [0.25, 0.3) is 5.91 Å². The molecule has 2 N–H and O–H groups in total. The van der Waals surface area contributed by atoms with Crippen molar-refractivity contribution >= 4 is 55.3 Å². The number of methoxy groups -OCH3 is 1. The molecular formula is C38H42N6O11S. The summed E-state index contributed by atoms with van der Waals surface area (Å²) in [6.07, 6.45) is -2.91. The van der Waals surface area contributed by atoms with E-state index in [0.29, 0.717) is 30.4 Å². The summed E-state index contributed by atoms with van der Waals surface area (Å²) in [5, 5.41) is 15.6. The first-order chi connectivity index (χ1) is 27.0. The van der Waals surface area contributed by atoms with Gasteiger partial charge in [-0.3, -0.25) is 9.36 Å². The third kappa shape index (κ3) is 8.30. The summed E-state index contributed by atoms with van der Waals surface area (Å²) < 4.78 is 62.6. The van der Waals surface area contributed by atoms with Crippen molar-refractivity contribution in [2.75, 3.05) is 57.0 Å². The van der Waals surface area contributed by atoms with E-state index in [1.807, 2.05) is 31.1 Å². The second-order valence-corrected chi connectivity index (χ2v) is 15.5. The molecule has 2 unspecified atom stereocenters. The van der Waals surface area contributed by atoms with Gasteiger partial charge >= 0.3 is 6.16 Å². The first-order valence-electron chi connectivity index (χ1n) is 17.9. The molecule has 56 heavy (non-hydrogen) atoms. The number of nitrogens with one attached hydrogen (secondary N) is 1. The topological polar surface area (TPSA) is 203 Å². The molecule has 6 atom stereocenters. The smallest absolute Gasteiger partial charge is 0.433 e. The van der Waals surface area contributed by atoms with Crippen LogP contribution in [0.5, 0.6) is 0 Å². The van der Waals surface area contributed by atoms with Gasteiger partial charge in [-0.1, -0.05) is 42.5 Å². The van der Waals surface area contributed by atoms with Crippen molar-refractivity contribution in [3.63, 3.8) is 0 Å². The Morgan fingerprint density at radius 1 is 1.00 bits per heavy atom. The highest BCUT2D eigenvalue weighted by molar-refractivity contribution is 7.91. The van der Waals surface area contributed by atoms with Crippen LogP contribution < -0.4 is 10.2 Å². The minimum atomic E-state index is -3.86. The standard InChI is InChI=1S/C38H42N6O11S/c1-43(2)27-13-7-12-26-25(27)11-8-14-29(26)56(48,49)18-17-52-38(47)53-20-28-32(45)33(55-30-19-24(50-3)15-16-51-30)37(54-28)44-22-41-31-34(39-21-40-35(31)44)42-36(46)23-9-5-4-6-10-23/h4-14,21-22,24,28,30,32-33,37,45H,15-20H2,1-3H3,(H,39,40,42,46)/t24?,28-,30?,32-,33-,37-/m1/s1. The monoisotopic (exact) mass is 790 g/mol. The average molecular weight is 791 g/mol. The van der Waals surface area contributed by atoms with E-state index in [0.717, 1.165) is 11.1 Å². The first kappa shape index (κ1) is 39.0. The molecule has 4 heterocycles. The van der Waals surface area contributed by atoms with Crippen LogP contribution in [0.25, 0.3) is 21.9 Å². The maximum atomic E-state index is 13.4. The second-order valence-electron chi connectivity index (χ2n) is 13.5. The lowest BCUT2D eigenvalue weighted by molar-refractivity contribution is -0.231. The van der Waals surface area contributed by atoms with Crippen LogP contribution in [-0.2, 0) is 38.3 Å². The van der Waals surface area contributed by atoms with Gasteiger partial charge < -0.3 is 43.7 Å². The number of carbonyl (C=O) groups excluding carboxylic acids is 2. The summed E-state index contributed by atoms with van der Waals surface area (Å²) >= 11 is 0. The van der Waals surface area contributed by atoms with Crippen LogP contribution in [0.4, 0.5) is 16.3 Å². The molecule has 0 aliphatic carbocycles. The van der Waals surface area contributed by atoms with E-state index in [4.69, 9.17) is 28.4 Å². The van der Waals surface area contributed by atoms with Crippen LogP contribution in [0, 0.1) is 0 Å². The Morgan fingerprint density at radius 3 is 2.57 bits per heavy atom. The number of fused-ring (bicyclic) bond motifs is 2. The van der Waals surface area contributed by atoms with E-state index in [-0.39, 0.29) is 28.0 Å². The summed E-state index contributed by atoms with van der Waals surface area (Å²) in [5.74, 6) is -0.730. The van der Waals surface area contributed by atoms with Crippen molar-refractivity contribution in [3.8, 4) is 0 Å². The number of sulfone groups is 1. The Hall–Kier alpha value is -5.24. The first-order valence-corrected chi connectivity index (χ1v) is 19.6. The number of imidazole rings is 1. The quantitative estimate of drug-likeness (QED) is 0.163. The Bertz CT molecular complexity index is 2290. The number of benzene rings is 3. The molecule has 0 radical (unpaired) electrons. The third-order valence-corrected chi connectivity index (χ3v) is 11.4. The van der Waals surface area contributed by atoms with Gasteiger partial charge in [-0.2, -0.15) is 0 Å². The molecule has 2 fully saturated rings. The average Bonchev–Trinajstić information content (AvgIpc) is 3.77. The van der Waals surface area contributed by atoms with Crippen molar-refractivity contribution in [3.05, 3.63) is 84.9 Å². The van der Waals surface area contributed by atoms with E-state index in [1.165, 1.54) is 23.3 Å². The number of aliphatic hydroxyl groups excluding tert-OH is 1. The molecule has 0 saturated carbocycles. The van der Waals surface area contributed by atoms with Gasteiger partial charge in [0.05, 0.1) is 29.7 Å². The maximum Gasteiger partial charge on any atom is 0.508 e. The zero-order valence-electron chi connectivity index (χ0n) is 30.9. The molecular weight excluding hydrogens is 749 g/mol. The predicted octanol–water partition coefficient (Wildman–Crippen LogP) is 3.72. The summed E-state index contributed by atoms with van der Waals surface area (Å²) in [6, 6.07) is 19.1. The van der Waals surface area contributed by atoms with Crippen molar-refractivity contribution in [2.45, 2.75) is 54.7 Å². The third-order valence-electron chi connectivity index (χ3n) is 9.67. The zero-order valence-corrected chi connectivity index (χ0v) is 31.7. The largest absolute Gasteiger partial charge is 0.508 e. The van der Waals surface area contributed by atoms with Crippen molar-refractivity contribution in [2.24, 2.45) is 0 Å². The summed E-state index contributed by atoms with van der Waals surface area (Å²) in [6.45, 7) is -0.572. The zero-order chi connectivity index (χ0) is 39.4. The van der Waals surface area contributed by atoms with Gasteiger partial charge in [0.2, 0.25) is 0 Å². The fraction of sp³-hybridized carbons (Fsp3) is 0.395. The van der Waals surface area contributed by atoms with Crippen molar-refractivity contribution < 1.29 is 51.5 Å². The van der Waals surface area contributed by atoms with Crippen LogP contribution >= 0.6 is 0 Å². The van der Waals surface area contributed by atoms with Crippen LogP contribution in [0.3, 0.4) is 0 Å². The molecule has 2 aliphatic rings. The van der Waals surface area contributed by atoms with E-state index in [9.17, 15) is 23.1 Å². The Labute approximate surface area is 322 Å². The number of aromatic nitrogens is 4. The number of anilines is 2. The molecule has 2 saturated heterocycles. The summed E-state index contributed by atoms with van der Waals surface area (Å²) in [4.78, 5) is 40.7. The molecule has 296 valence electrons.